The highest BCUT2D eigenvalue weighted by molar-refractivity contribution is 6.33. The van der Waals surface area contributed by atoms with Crippen LogP contribution in [0, 0.1) is 12.7 Å². The first-order chi connectivity index (χ1) is 10.3. The van der Waals surface area contributed by atoms with Crippen LogP contribution in [0.25, 0.3) is 0 Å². The number of aromatic nitrogens is 1. The van der Waals surface area contributed by atoms with Crippen LogP contribution in [-0.4, -0.2) is 21.6 Å². The third-order valence-corrected chi connectivity index (χ3v) is 3.56. The molecule has 0 saturated heterocycles. The molecular formula is C15H14ClFN2O3. The van der Waals surface area contributed by atoms with Gasteiger partial charge < -0.3 is 15.0 Å². The lowest BCUT2D eigenvalue weighted by molar-refractivity contribution is -0.115. The molecule has 0 radical (unpaired) electrons. The Bertz CT molecular complexity index is 755. The second-order valence-electron chi connectivity index (χ2n) is 4.90. The maximum atomic E-state index is 13.0. The van der Waals surface area contributed by atoms with Crippen LogP contribution in [0.4, 0.5) is 10.1 Å². The van der Waals surface area contributed by atoms with Gasteiger partial charge in [0.1, 0.15) is 5.82 Å². The molecule has 2 rings (SSSR count). The number of aryl methyl sites for hydroxylation is 2. The average Bonchev–Trinajstić information content (AvgIpc) is 2.67. The lowest BCUT2D eigenvalue weighted by Gasteiger charge is -2.09. The van der Waals surface area contributed by atoms with E-state index >= 15 is 0 Å². The van der Waals surface area contributed by atoms with E-state index in [9.17, 15) is 19.1 Å². The number of benzene rings is 1. The topological polar surface area (TPSA) is 71.3 Å². The number of hydrogen-bond acceptors (Lipinski definition) is 2. The highest BCUT2D eigenvalue weighted by Crippen LogP contribution is 2.23. The Morgan fingerprint density at radius 1 is 1.41 bits per heavy atom. The number of halogens is 2. The predicted molar refractivity (Wildman–Crippen MR) is 80.9 cm³/mol. The SMILES string of the molecule is Cc1cn(C)c(CC(=O)Nc2ccc(F)cc2Cl)c1C(=O)O. The minimum Gasteiger partial charge on any atom is -0.478 e. The normalized spacial score (nSPS) is 10.5. The van der Waals surface area contributed by atoms with E-state index in [0.717, 1.165) is 6.07 Å². The van der Waals surface area contributed by atoms with E-state index in [0.29, 0.717) is 11.3 Å². The summed E-state index contributed by atoms with van der Waals surface area (Å²) in [6, 6.07) is 3.62. The van der Waals surface area contributed by atoms with Crippen LogP contribution >= 0.6 is 11.6 Å². The first-order valence-corrected chi connectivity index (χ1v) is 6.80. The number of rotatable bonds is 4. The molecule has 2 aromatic rings. The van der Waals surface area contributed by atoms with Crippen LogP contribution in [0.15, 0.2) is 24.4 Å². The van der Waals surface area contributed by atoms with Crippen molar-refractivity contribution >= 4 is 29.2 Å². The number of carbonyl (C=O) groups is 2. The van der Waals surface area contributed by atoms with Crippen LogP contribution in [-0.2, 0) is 18.3 Å². The third-order valence-electron chi connectivity index (χ3n) is 3.24. The molecule has 116 valence electrons. The molecule has 1 amide bonds. The van der Waals surface area contributed by atoms with E-state index in [4.69, 9.17) is 11.6 Å². The first kappa shape index (κ1) is 16.0. The van der Waals surface area contributed by atoms with Gasteiger partial charge in [0, 0.05) is 18.9 Å². The second kappa shape index (κ2) is 6.19. The Kier molecular flexibility index (Phi) is 4.51. The van der Waals surface area contributed by atoms with Gasteiger partial charge in [-0.3, -0.25) is 4.79 Å². The molecule has 1 heterocycles. The van der Waals surface area contributed by atoms with Gasteiger partial charge in [-0.1, -0.05) is 11.6 Å². The smallest absolute Gasteiger partial charge is 0.337 e. The fourth-order valence-electron chi connectivity index (χ4n) is 2.28. The van der Waals surface area contributed by atoms with E-state index < -0.39 is 17.7 Å². The predicted octanol–water partition coefficient (Wildman–Crippen LogP) is 3.01. The van der Waals surface area contributed by atoms with Crippen molar-refractivity contribution in [3.05, 3.63) is 52.1 Å². The van der Waals surface area contributed by atoms with Crippen molar-refractivity contribution in [3.8, 4) is 0 Å². The minimum atomic E-state index is -1.08. The number of nitrogens with zero attached hydrogens (tertiary/aromatic N) is 1. The number of carboxylic acid groups (broad SMARTS) is 1. The van der Waals surface area contributed by atoms with Gasteiger partial charge in [-0.05, 0) is 30.7 Å². The third kappa shape index (κ3) is 3.28. The molecule has 0 aliphatic heterocycles. The molecule has 0 unspecified atom stereocenters. The minimum absolute atomic E-state index is 0.0786. The molecule has 0 spiro atoms. The largest absolute Gasteiger partial charge is 0.478 e. The molecule has 0 bridgehead atoms. The molecule has 22 heavy (non-hydrogen) atoms. The lowest BCUT2D eigenvalue weighted by atomic mass is 10.1. The van der Waals surface area contributed by atoms with Crippen molar-refractivity contribution in [2.24, 2.45) is 7.05 Å². The zero-order chi connectivity index (χ0) is 16.4. The lowest BCUT2D eigenvalue weighted by Crippen LogP contribution is -2.18. The van der Waals surface area contributed by atoms with Gasteiger partial charge in [0.25, 0.3) is 0 Å². The molecule has 7 heteroatoms. The summed E-state index contributed by atoms with van der Waals surface area (Å²) in [6.45, 7) is 1.67. The van der Waals surface area contributed by atoms with E-state index in [1.807, 2.05) is 0 Å². The summed E-state index contributed by atoms with van der Waals surface area (Å²) < 4.78 is 14.6. The van der Waals surface area contributed by atoms with Crippen LogP contribution in [0.3, 0.4) is 0 Å². The number of nitrogens with one attached hydrogen (secondary N) is 1. The second-order valence-corrected chi connectivity index (χ2v) is 5.31. The molecule has 5 nitrogen and oxygen atoms in total. The molecule has 1 aromatic heterocycles. The maximum absolute atomic E-state index is 13.0. The number of aromatic carboxylic acids is 1. The van der Waals surface area contributed by atoms with Gasteiger partial charge in [-0.25, -0.2) is 9.18 Å². The Hall–Kier alpha value is -2.34. The number of amides is 1. The summed E-state index contributed by atoms with van der Waals surface area (Å²) in [5.74, 6) is -2.02. The molecular weight excluding hydrogens is 311 g/mol. The molecule has 0 atom stereocenters. The Morgan fingerprint density at radius 3 is 2.68 bits per heavy atom. The van der Waals surface area contributed by atoms with E-state index in [-0.39, 0.29) is 22.7 Å². The number of hydrogen-bond donors (Lipinski definition) is 2. The molecule has 0 aliphatic rings. The van der Waals surface area contributed by atoms with E-state index in [1.165, 1.54) is 12.1 Å². The first-order valence-electron chi connectivity index (χ1n) is 6.42. The molecule has 1 aromatic carbocycles. The zero-order valence-corrected chi connectivity index (χ0v) is 12.7. The molecule has 2 N–H and O–H groups in total. The van der Waals surface area contributed by atoms with Crippen LogP contribution in [0.1, 0.15) is 21.6 Å². The van der Waals surface area contributed by atoms with Crippen molar-refractivity contribution in [2.45, 2.75) is 13.3 Å². The monoisotopic (exact) mass is 324 g/mol. The number of carboxylic acids is 1. The van der Waals surface area contributed by atoms with Gasteiger partial charge in [-0.15, -0.1) is 0 Å². The van der Waals surface area contributed by atoms with Crippen molar-refractivity contribution < 1.29 is 19.1 Å². The Labute approximate surface area is 131 Å². The summed E-state index contributed by atoms with van der Waals surface area (Å²) in [7, 11) is 1.67. The van der Waals surface area contributed by atoms with Crippen molar-refractivity contribution in [1.82, 2.24) is 4.57 Å². The summed E-state index contributed by atoms with van der Waals surface area (Å²) in [5.41, 5.74) is 1.36. The van der Waals surface area contributed by atoms with Crippen LogP contribution in [0.5, 0.6) is 0 Å². The van der Waals surface area contributed by atoms with Crippen molar-refractivity contribution in [3.63, 3.8) is 0 Å². The van der Waals surface area contributed by atoms with Crippen molar-refractivity contribution in [2.75, 3.05) is 5.32 Å². The maximum Gasteiger partial charge on any atom is 0.337 e. The Morgan fingerprint density at radius 2 is 2.09 bits per heavy atom. The van der Waals surface area contributed by atoms with Gasteiger partial charge in [-0.2, -0.15) is 0 Å². The van der Waals surface area contributed by atoms with Gasteiger partial charge in [0.05, 0.1) is 22.7 Å². The fraction of sp³-hybridized carbons (Fsp3) is 0.200. The standard InChI is InChI=1S/C15H14ClFN2O3/c1-8-7-19(2)12(14(8)15(21)22)6-13(20)18-11-4-3-9(17)5-10(11)16/h3-5,7H,6H2,1-2H3,(H,18,20)(H,21,22). The quantitative estimate of drug-likeness (QED) is 0.908. The van der Waals surface area contributed by atoms with Gasteiger partial charge >= 0.3 is 5.97 Å². The highest BCUT2D eigenvalue weighted by Gasteiger charge is 2.20. The molecule has 0 aliphatic carbocycles. The summed E-state index contributed by atoms with van der Waals surface area (Å²) >= 11 is 5.84. The van der Waals surface area contributed by atoms with Gasteiger partial charge in [0.2, 0.25) is 5.91 Å². The van der Waals surface area contributed by atoms with E-state index in [1.54, 1.807) is 24.7 Å². The van der Waals surface area contributed by atoms with Gasteiger partial charge in [0.15, 0.2) is 0 Å². The fourth-order valence-corrected chi connectivity index (χ4v) is 2.49. The van der Waals surface area contributed by atoms with Crippen LogP contribution < -0.4 is 5.32 Å². The van der Waals surface area contributed by atoms with E-state index in [2.05, 4.69) is 5.32 Å². The Balaban J connectivity index is 2.21. The summed E-state index contributed by atoms with van der Waals surface area (Å²) in [6.07, 6.45) is 1.52. The molecule has 0 fully saturated rings. The summed E-state index contributed by atoms with van der Waals surface area (Å²) in [4.78, 5) is 23.4. The van der Waals surface area contributed by atoms with Crippen molar-refractivity contribution in [1.29, 1.82) is 0 Å². The zero-order valence-electron chi connectivity index (χ0n) is 12.0. The van der Waals surface area contributed by atoms with Crippen LogP contribution in [0.2, 0.25) is 5.02 Å². The molecule has 0 saturated carbocycles. The number of carbonyl (C=O) groups excluding carboxylic acids is 1. The number of anilines is 1. The average molecular weight is 325 g/mol. The summed E-state index contributed by atoms with van der Waals surface area (Å²) in [5, 5.41) is 11.9. The highest BCUT2D eigenvalue weighted by atomic mass is 35.5.